The fraction of sp³-hybridized carbons (Fsp3) is 0.692. The van der Waals surface area contributed by atoms with Gasteiger partial charge in [0.15, 0.2) is 0 Å². The maximum Gasteiger partial charge on any atom is 0.401 e. The topological polar surface area (TPSA) is 44.3 Å². The predicted octanol–water partition coefficient (Wildman–Crippen LogP) is 1.27. The first kappa shape index (κ1) is 16.0. The van der Waals surface area contributed by atoms with Crippen molar-refractivity contribution in [2.75, 3.05) is 44.2 Å². The quantitative estimate of drug-likeness (QED) is 0.887. The van der Waals surface area contributed by atoms with E-state index in [0.717, 1.165) is 18.7 Å². The molecule has 2 heterocycles. The number of nitrogens with one attached hydrogen (secondary N) is 1. The minimum Gasteiger partial charge on any atom is -0.338 e. The number of rotatable bonds is 5. The second kappa shape index (κ2) is 7.04. The molecule has 0 radical (unpaired) electrons. The van der Waals surface area contributed by atoms with Gasteiger partial charge in [-0.1, -0.05) is 6.92 Å². The zero-order valence-electron chi connectivity index (χ0n) is 12.0. The third-order valence-corrected chi connectivity index (χ3v) is 3.33. The second-order valence-electron chi connectivity index (χ2n) is 5.05. The van der Waals surface area contributed by atoms with Crippen molar-refractivity contribution < 1.29 is 13.2 Å². The number of alkyl halides is 3. The van der Waals surface area contributed by atoms with Crippen LogP contribution < -0.4 is 10.2 Å². The highest BCUT2D eigenvalue weighted by atomic mass is 19.4. The van der Waals surface area contributed by atoms with Crippen LogP contribution in [-0.2, 0) is 6.54 Å². The fourth-order valence-electron chi connectivity index (χ4n) is 2.23. The highest BCUT2D eigenvalue weighted by molar-refractivity contribution is 5.30. The molecule has 2 rings (SSSR count). The Morgan fingerprint density at radius 1 is 1.14 bits per heavy atom. The summed E-state index contributed by atoms with van der Waals surface area (Å²) in [5.74, 6) is 0.585. The van der Waals surface area contributed by atoms with Crippen molar-refractivity contribution in [3.05, 3.63) is 18.0 Å². The Kier molecular flexibility index (Phi) is 5.35. The summed E-state index contributed by atoms with van der Waals surface area (Å²) in [7, 11) is 0. The molecule has 1 aromatic rings. The van der Waals surface area contributed by atoms with E-state index in [1.807, 2.05) is 11.8 Å². The molecular weight excluding hydrogens is 283 g/mol. The van der Waals surface area contributed by atoms with E-state index in [9.17, 15) is 13.2 Å². The average molecular weight is 303 g/mol. The van der Waals surface area contributed by atoms with Crippen LogP contribution in [0.2, 0.25) is 0 Å². The summed E-state index contributed by atoms with van der Waals surface area (Å²) in [5.41, 5.74) is 0.997. The Morgan fingerprint density at radius 3 is 2.29 bits per heavy atom. The number of halogens is 3. The molecule has 0 spiro atoms. The van der Waals surface area contributed by atoms with Crippen LogP contribution in [0.3, 0.4) is 0 Å². The van der Waals surface area contributed by atoms with Crippen LogP contribution in [0.4, 0.5) is 19.1 Å². The van der Waals surface area contributed by atoms with Crippen LogP contribution in [0, 0.1) is 0 Å². The summed E-state index contributed by atoms with van der Waals surface area (Å²) in [6.07, 6.45) is -0.618. The molecule has 1 aromatic heterocycles. The van der Waals surface area contributed by atoms with Crippen molar-refractivity contribution in [2.45, 2.75) is 19.6 Å². The van der Waals surface area contributed by atoms with Gasteiger partial charge in [0.1, 0.15) is 0 Å². The lowest BCUT2D eigenvalue weighted by Gasteiger charge is -2.34. The molecule has 0 aromatic carbocycles. The van der Waals surface area contributed by atoms with Crippen molar-refractivity contribution in [1.29, 1.82) is 0 Å². The van der Waals surface area contributed by atoms with Crippen LogP contribution in [0.1, 0.15) is 12.5 Å². The minimum absolute atomic E-state index is 0.377. The van der Waals surface area contributed by atoms with Gasteiger partial charge in [-0.05, 0) is 6.54 Å². The SMILES string of the molecule is CCNCc1cnc(N2CCN(CC(F)(F)F)CC2)nc1. The molecule has 0 unspecified atom stereocenters. The molecule has 118 valence electrons. The Hall–Kier alpha value is -1.41. The molecule has 1 fully saturated rings. The van der Waals surface area contributed by atoms with E-state index in [1.165, 1.54) is 4.90 Å². The van der Waals surface area contributed by atoms with E-state index in [-0.39, 0.29) is 0 Å². The highest BCUT2D eigenvalue weighted by Gasteiger charge is 2.32. The Bertz CT molecular complexity index is 426. The summed E-state index contributed by atoms with van der Waals surface area (Å²) in [4.78, 5) is 11.9. The van der Waals surface area contributed by atoms with Crippen molar-refractivity contribution >= 4 is 5.95 Å². The number of hydrogen-bond acceptors (Lipinski definition) is 5. The molecule has 1 aliphatic rings. The van der Waals surface area contributed by atoms with E-state index >= 15 is 0 Å². The number of anilines is 1. The lowest BCUT2D eigenvalue weighted by atomic mass is 10.3. The maximum atomic E-state index is 12.3. The maximum absolute atomic E-state index is 12.3. The number of nitrogens with zero attached hydrogens (tertiary/aromatic N) is 4. The summed E-state index contributed by atoms with van der Waals surface area (Å²) in [6.45, 7) is 4.56. The van der Waals surface area contributed by atoms with Gasteiger partial charge in [-0.25, -0.2) is 9.97 Å². The molecule has 21 heavy (non-hydrogen) atoms. The van der Waals surface area contributed by atoms with Gasteiger partial charge >= 0.3 is 6.18 Å². The molecule has 8 heteroatoms. The molecule has 5 nitrogen and oxygen atoms in total. The van der Waals surface area contributed by atoms with Crippen LogP contribution in [0.25, 0.3) is 0 Å². The minimum atomic E-state index is -4.13. The first-order chi connectivity index (χ1) is 9.98. The van der Waals surface area contributed by atoms with Gasteiger partial charge in [0.2, 0.25) is 5.95 Å². The van der Waals surface area contributed by atoms with Gasteiger partial charge in [0.25, 0.3) is 0 Å². The summed E-state index contributed by atoms with van der Waals surface area (Å²) < 4.78 is 37.0. The third kappa shape index (κ3) is 5.13. The average Bonchev–Trinajstić information content (AvgIpc) is 2.45. The van der Waals surface area contributed by atoms with Gasteiger partial charge in [0, 0.05) is 50.7 Å². The number of piperazine rings is 1. The largest absolute Gasteiger partial charge is 0.401 e. The normalized spacial score (nSPS) is 17.2. The molecule has 0 amide bonds. The van der Waals surface area contributed by atoms with Crippen LogP contribution in [0.15, 0.2) is 12.4 Å². The smallest absolute Gasteiger partial charge is 0.338 e. The van der Waals surface area contributed by atoms with Crippen molar-refractivity contribution in [2.24, 2.45) is 0 Å². The van der Waals surface area contributed by atoms with E-state index < -0.39 is 12.7 Å². The van der Waals surface area contributed by atoms with E-state index in [2.05, 4.69) is 15.3 Å². The molecule has 0 atom stereocenters. The molecule has 1 saturated heterocycles. The number of aromatic nitrogens is 2. The van der Waals surface area contributed by atoms with Crippen LogP contribution in [0.5, 0.6) is 0 Å². The zero-order chi connectivity index (χ0) is 15.3. The Balaban J connectivity index is 1.84. The molecule has 0 saturated carbocycles. The lowest BCUT2D eigenvalue weighted by molar-refractivity contribution is -0.146. The molecule has 0 bridgehead atoms. The molecule has 1 aliphatic heterocycles. The Morgan fingerprint density at radius 2 is 1.76 bits per heavy atom. The fourth-order valence-corrected chi connectivity index (χ4v) is 2.23. The standard InChI is InChI=1S/C13H20F3N5/c1-2-17-7-11-8-18-12(19-9-11)21-5-3-20(4-6-21)10-13(14,15)16/h8-9,17H,2-7,10H2,1H3. The van der Waals surface area contributed by atoms with Crippen LogP contribution >= 0.6 is 0 Å². The first-order valence-corrected chi connectivity index (χ1v) is 7.03. The lowest BCUT2D eigenvalue weighted by Crippen LogP contribution is -2.49. The molecule has 0 aliphatic carbocycles. The predicted molar refractivity (Wildman–Crippen MR) is 74.1 cm³/mol. The molecule has 1 N–H and O–H groups in total. The first-order valence-electron chi connectivity index (χ1n) is 7.03. The zero-order valence-corrected chi connectivity index (χ0v) is 12.0. The van der Waals surface area contributed by atoms with Crippen molar-refractivity contribution in [3.63, 3.8) is 0 Å². The summed E-state index contributed by atoms with van der Waals surface area (Å²) in [6, 6.07) is 0. The van der Waals surface area contributed by atoms with E-state index in [0.29, 0.717) is 32.1 Å². The van der Waals surface area contributed by atoms with Crippen molar-refractivity contribution in [1.82, 2.24) is 20.2 Å². The van der Waals surface area contributed by atoms with E-state index in [1.54, 1.807) is 12.4 Å². The van der Waals surface area contributed by atoms with Gasteiger partial charge in [0.05, 0.1) is 6.54 Å². The van der Waals surface area contributed by atoms with Gasteiger partial charge < -0.3 is 10.2 Å². The van der Waals surface area contributed by atoms with Gasteiger partial charge in [-0.3, -0.25) is 4.90 Å². The van der Waals surface area contributed by atoms with Crippen LogP contribution in [-0.4, -0.2) is 60.3 Å². The summed E-state index contributed by atoms with van der Waals surface area (Å²) in [5, 5.41) is 3.18. The Labute approximate surface area is 122 Å². The number of hydrogen-bond donors (Lipinski definition) is 1. The highest BCUT2D eigenvalue weighted by Crippen LogP contribution is 2.18. The third-order valence-electron chi connectivity index (χ3n) is 3.33. The monoisotopic (exact) mass is 303 g/mol. The van der Waals surface area contributed by atoms with Crippen molar-refractivity contribution in [3.8, 4) is 0 Å². The molecular formula is C13H20F3N5. The summed E-state index contributed by atoms with van der Waals surface area (Å²) >= 11 is 0. The second-order valence-corrected chi connectivity index (χ2v) is 5.05. The van der Waals surface area contributed by atoms with E-state index in [4.69, 9.17) is 0 Å². The van der Waals surface area contributed by atoms with Gasteiger partial charge in [-0.15, -0.1) is 0 Å². The van der Waals surface area contributed by atoms with Gasteiger partial charge in [-0.2, -0.15) is 13.2 Å².